The third-order valence-electron chi connectivity index (χ3n) is 6.67. The van der Waals surface area contributed by atoms with Crippen LogP contribution in [-0.2, 0) is 17.6 Å². The molecule has 2 aliphatic rings. The van der Waals surface area contributed by atoms with Gasteiger partial charge in [0.25, 0.3) is 0 Å². The van der Waals surface area contributed by atoms with Gasteiger partial charge in [-0.3, -0.25) is 4.79 Å². The van der Waals surface area contributed by atoms with Gasteiger partial charge in [-0.05, 0) is 51.8 Å². The van der Waals surface area contributed by atoms with E-state index in [0.29, 0.717) is 11.7 Å². The Morgan fingerprint density at radius 2 is 2.00 bits per heavy atom. The number of nitrogens with zero attached hydrogens (tertiary/aromatic N) is 5. The number of aryl methyl sites for hydroxylation is 1. The summed E-state index contributed by atoms with van der Waals surface area (Å²) in [4.78, 5) is 33.2. The van der Waals surface area contributed by atoms with Crippen LogP contribution < -0.4 is 11.1 Å². The summed E-state index contributed by atoms with van der Waals surface area (Å²) in [6.07, 6.45) is 7.87. The summed E-state index contributed by atoms with van der Waals surface area (Å²) in [7, 11) is 2.11. The molecule has 1 fully saturated rings. The minimum absolute atomic E-state index is 0.0567. The summed E-state index contributed by atoms with van der Waals surface area (Å²) in [5, 5.41) is 4.51. The van der Waals surface area contributed by atoms with Gasteiger partial charge < -0.3 is 20.9 Å². The first-order valence-corrected chi connectivity index (χ1v) is 12.6. The SMILES string of the molecule is CC(C)=Cc1cc(Nc2ncnc3sc4c(c23)CCC(C(=O)N2CCN(C)CC2)C4)cnc1N. The molecule has 1 saturated heterocycles. The number of fused-ring (bicyclic) bond motifs is 3. The average Bonchev–Trinajstić information content (AvgIpc) is 3.19. The number of anilines is 3. The highest BCUT2D eigenvalue weighted by atomic mass is 32.1. The minimum Gasteiger partial charge on any atom is -0.383 e. The second-order valence-electron chi connectivity index (χ2n) is 9.52. The van der Waals surface area contributed by atoms with E-state index < -0.39 is 0 Å². The summed E-state index contributed by atoms with van der Waals surface area (Å²) >= 11 is 1.69. The summed E-state index contributed by atoms with van der Waals surface area (Å²) in [6, 6.07) is 1.99. The number of rotatable bonds is 4. The van der Waals surface area contributed by atoms with Crippen LogP contribution in [0, 0.1) is 5.92 Å². The Morgan fingerprint density at radius 1 is 1.21 bits per heavy atom. The monoisotopic (exact) mass is 477 g/mol. The first-order chi connectivity index (χ1) is 16.4. The van der Waals surface area contributed by atoms with Crippen LogP contribution in [0.3, 0.4) is 0 Å². The predicted molar refractivity (Wildman–Crippen MR) is 138 cm³/mol. The van der Waals surface area contributed by atoms with Crippen LogP contribution in [0.15, 0.2) is 24.2 Å². The van der Waals surface area contributed by atoms with Crippen molar-refractivity contribution in [3.8, 4) is 0 Å². The zero-order valence-corrected chi connectivity index (χ0v) is 20.8. The molecule has 1 aliphatic carbocycles. The third-order valence-corrected chi connectivity index (χ3v) is 7.83. The van der Waals surface area contributed by atoms with E-state index in [2.05, 4.69) is 32.2 Å². The molecule has 3 aromatic heterocycles. The molecule has 0 saturated carbocycles. The Balaban J connectivity index is 1.40. The number of allylic oxidation sites excluding steroid dienone is 1. The molecule has 4 heterocycles. The maximum Gasteiger partial charge on any atom is 0.226 e. The van der Waals surface area contributed by atoms with Gasteiger partial charge in [-0.2, -0.15) is 0 Å². The molecule has 3 N–H and O–H groups in total. The van der Waals surface area contributed by atoms with Gasteiger partial charge in [0.1, 0.15) is 22.8 Å². The number of thiophene rings is 1. The zero-order valence-electron chi connectivity index (χ0n) is 20.0. The standard InChI is InChI=1S/C25H31N7OS/c1-15(2)10-17-11-18(13-27-22(17)26)30-23-21-19-5-4-16(12-20(19)34-24(21)29-14-28-23)25(33)32-8-6-31(3)7-9-32/h10-11,13-14,16H,4-9,12H2,1-3H3,(H2,26,27)(H,28,29,30). The summed E-state index contributed by atoms with van der Waals surface area (Å²) in [6.45, 7) is 7.63. The quantitative estimate of drug-likeness (QED) is 0.591. The number of nitrogens with one attached hydrogen (secondary N) is 1. The molecule has 0 aromatic carbocycles. The van der Waals surface area contributed by atoms with Crippen molar-refractivity contribution < 1.29 is 4.79 Å². The van der Waals surface area contributed by atoms with E-state index in [-0.39, 0.29) is 5.92 Å². The number of hydrogen-bond donors (Lipinski definition) is 2. The molecule has 1 aliphatic heterocycles. The summed E-state index contributed by atoms with van der Waals surface area (Å²) < 4.78 is 0. The van der Waals surface area contributed by atoms with E-state index in [9.17, 15) is 4.79 Å². The van der Waals surface area contributed by atoms with Gasteiger partial charge in [0.15, 0.2) is 0 Å². The average molecular weight is 478 g/mol. The van der Waals surface area contributed by atoms with Gasteiger partial charge in [0, 0.05) is 42.5 Å². The third kappa shape index (κ3) is 4.50. The fraction of sp³-hybridized carbons (Fsp3) is 0.440. The summed E-state index contributed by atoms with van der Waals surface area (Å²) in [5.74, 6) is 1.64. The topological polar surface area (TPSA) is 100 Å². The summed E-state index contributed by atoms with van der Waals surface area (Å²) in [5.41, 5.74) is 10.2. The number of nitrogen functional groups attached to an aromatic ring is 1. The van der Waals surface area contributed by atoms with Crippen molar-refractivity contribution in [3.05, 3.63) is 40.2 Å². The first kappa shape index (κ1) is 22.7. The number of amides is 1. The molecule has 8 nitrogen and oxygen atoms in total. The normalized spacial score (nSPS) is 18.6. The van der Waals surface area contributed by atoms with Crippen molar-refractivity contribution in [1.82, 2.24) is 24.8 Å². The van der Waals surface area contributed by atoms with Crippen molar-refractivity contribution in [2.45, 2.75) is 33.1 Å². The van der Waals surface area contributed by atoms with Gasteiger partial charge in [-0.25, -0.2) is 15.0 Å². The van der Waals surface area contributed by atoms with Gasteiger partial charge >= 0.3 is 0 Å². The van der Waals surface area contributed by atoms with Gasteiger partial charge in [-0.15, -0.1) is 11.3 Å². The fourth-order valence-electron chi connectivity index (χ4n) is 4.82. The molecule has 0 spiro atoms. The predicted octanol–water partition coefficient (Wildman–Crippen LogP) is 3.71. The lowest BCUT2D eigenvalue weighted by Crippen LogP contribution is -2.49. The Labute approximate surface area is 203 Å². The number of piperazine rings is 1. The van der Waals surface area contributed by atoms with Crippen LogP contribution in [0.1, 0.15) is 36.3 Å². The van der Waals surface area contributed by atoms with Crippen LogP contribution in [0.25, 0.3) is 16.3 Å². The highest BCUT2D eigenvalue weighted by Gasteiger charge is 2.32. The van der Waals surface area contributed by atoms with E-state index in [4.69, 9.17) is 5.73 Å². The van der Waals surface area contributed by atoms with Gasteiger partial charge in [0.2, 0.25) is 5.91 Å². The van der Waals surface area contributed by atoms with E-state index in [0.717, 1.165) is 78.3 Å². The van der Waals surface area contributed by atoms with Crippen molar-refractivity contribution in [2.24, 2.45) is 5.92 Å². The fourth-order valence-corrected chi connectivity index (χ4v) is 6.09. The maximum absolute atomic E-state index is 13.2. The second kappa shape index (κ2) is 9.31. The smallest absolute Gasteiger partial charge is 0.226 e. The first-order valence-electron chi connectivity index (χ1n) is 11.8. The number of nitrogens with two attached hydrogens (primary N) is 1. The van der Waals surface area contributed by atoms with E-state index in [1.54, 1.807) is 23.9 Å². The van der Waals surface area contributed by atoms with Crippen LogP contribution in [0.4, 0.5) is 17.3 Å². The number of carbonyl (C=O) groups excluding carboxylic acids is 1. The molecule has 1 unspecified atom stereocenters. The van der Waals surface area contributed by atoms with Gasteiger partial charge in [-0.1, -0.05) is 11.6 Å². The van der Waals surface area contributed by atoms with Crippen molar-refractivity contribution in [1.29, 1.82) is 0 Å². The van der Waals surface area contributed by atoms with Crippen molar-refractivity contribution >= 4 is 50.9 Å². The molecular weight excluding hydrogens is 446 g/mol. The lowest BCUT2D eigenvalue weighted by Gasteiger charge is -2.35. The molecule has 178 valence electrons. The molecular formula is C25H31N7OS. The van der Waals surface area contributed by atoms with Crippen LogP contribution in [-0.4, -0.2) is 63.9 Å². The second-order valence-corrected chi connectivity index (χ2v) is 10.6. The molecule has 5 rings (SSSR count). The number of likely N-dealkylation sites (N-methyl/N-ethyl adjacent to an activating group) is 1. The minimum atomic E-state index is 0.0567. The highest BCUT2D eigenvalue weighted by molar-refractivity contribution is 7.19. The lowest BCUT2D eigenvalue weighted by atomic mass is 9.86. The molecule has 9 heteroatoms. The van der Waals surface area contributed by atoms with Crippen molar-refractivity contribution in [3.63, 3.8) is 0 Å². The van der Waals surface area contributed by atoms with E-state index in [1.165, 1.54) is 10.4 Å². The van der Waals surface area contributed by atoms with Crippen LogP contribution in [0.5, 0.6) is 0 Å². The van der Waals surface area contributed by atoms with Crippen LogP contribution >= 0.6 is 11.3 Å². The highest BCUT2D eigenvalue weighted by Crippen LogP contribution is 2.41. The number of pyridine rings is 1. The van der Waals surface area contributed by atoms with Gasteiger partial charge in [0.05, 0.1) is 17.3 Å². The largest absolute Gasteiger partial charge is 0.383 e. The Morgan fingerprint density at radius 3 is 2.76 bits per heavy atom. The van der Waals surface area contributed by atoms with Crippen molar-refractivity contribution in [2.75, 3.05) is 44.3 Å². The molecule has 0 radical (unpaired) electrons. The molecule has 3 aromatic rings. The molecule has 1 atom stereocenters. The Bertz CT molecular complexity index is 1260. The maximum atomic E-state index is 13.2. The number of aromatic nitrogens is 3. The Hall–Kier alpha value is -3.04. The molecule has 1 amide bonds. The van der Waals surface area contributed by atoms with E-state index >= 15 is 0 Å². The molecule has 0 bridgehead atoms. The van der Waals surface area contributed by atoms with E-state index in [1.807, 2.05) is 30.9 Å². The zero-order chi connectivity index (χ0) is 23.8. The van der Waals surface area contributed by atoms with Crippen LogP contribution in [0.2, 0.25) is 0 Å². The number of hydrogen-bond acceptors (Lipinski definition) is 8. The lowest BCUT2D eigenvalue weighted by molar-refractivity contribution is -0.137. The Kier molecular flexibility index (Phi) is 6.22. The molecule has 34 heavy (non-hydrogen) atoms. The number of carbonyl (C=O) groups is 1.